The maximum absolute atomic E-state index is 13.3. The van der Waals surface area contributed by atoms with E-state index in [0.717, 1.165) is 24.8 Å². The van der Waals surface area contributed by atoms with Gasteiger partial charge in [0.1, 0.15) is 17.4 Å². The molecule has 0 spiro atoms. The van der Waals surface area contributed by atoms with Gasteiger partial charge >= 0.3 is 12.2 Å². The number of amides is 2. The molecule has 1 saturated heterocycles. The third kappa shape index (κ3) is 4.06. The molecule has 0 aromatic carbocycles. The number of nitrogens with zero attached hydrogens (tertiary/aromatic N) is 4. The number of pyridine rings is 2. The van der Waals surface area contributed by atoms with Gasteiger partial charge in [-0.15, -0.1) is 0 Å². The van der Waals surface area contributed by atoms with Crippen LogP contribution in [0.4, 0.5) is 35.3 Å². The third-order valence-electron chi connectivity index (χ3n) is 6.96. The summed E-state index contributed by atoms with van der Waals surface area (Å²) in [5.74, 6) is 0.395. The summed E-state index contributed by atoms with van der Waals surface area (Å²) in [6, 6.07) is 5.10. The normalized spacial score (nSPS) is 24.4. The fourth-order valence-corrected chi connectivity index (χ4v) is 5.36. The van der Waals surface area contributed by atoms with E-state index in [0.29, 0.717) is 36.0 Å². The summed E-state index contributed by atoms with van der Waals surface area (Å²) in [7, 11) is 1.53. The van der Waals surface area contributed by atoms with Gasteiger partial charge in [-0.3, -0.25) is 9.88 Å². The molecule has 2 fully saturated rings. The smallest absolute Gasteiger partial charge is 0.393 e. The van der Waals surface area contributed by atoms with Gasteiger partial charge in [-0.1, -0.05) is 12.5 Å². The van der Waals surface area contributed by atoms with Crippen molar-refractivity contribution >= 4 is 23.4 Å². The number of hydrogen-bond acceptors (Lipinski definition) is 5. The van der Waals surface area contributed by atoms with E-state index in [1.807, 2.05) is 6.07 Å². The Kier molecular flexibility index (Phi) is 5.54. The number of alkyl halides is 3. The van der Waals surface area contributed by atoms with Crippen molar-refractivity contribution in [3.8, 4) is 5.75 Å². The van der Waals surface area contributed by atoms with Crippen molar-refractivity contribution in [2.45, 2.75) is 50.2 Å². The minimum atomic E-state index is -4.22. The van der Waals surface area contributed by atoms with E-state index < -0.39 is 12.1 Å². The van der Waals surface area contributed by atoms with E-state index in [1.165, 1.54) is 7.11 Å². The fourth-order valence-electron chi connectivity index (χ4n) is 5.36. The van der Waals surface area contributed by atoms with Crippen LogP contribution in [0.15, 0.2) is 30.6 Å². The van der Waals surface area contributed by atoms with Gasteiger partial charge in [0.25, 0.3) is 0 Å². The van der Waals surface area contributed by atoms with Crippen molar-refractivity contribution < 1.29 is 22.7 Å². The molecule has 1 saturated carbocycles. The number of fused-ring (bicyclic) bond motifs is 3. The molecule has 1 aliphatic carbocycles. The lowest BCUT2D eigenvalue weighted by atomic mass is 9.97. The summed E-state index contributed by atoms with van der Waals surface area (Å²) >= 11 is 0. The van der Waals surface area contributed by atoms with Gasteiger partial charge in [-0.25, -0.2) is 9.78 Å². The van der Waals surface area contributed by atoms with Crippen LogP contribution in [0.1, 0.15) is 43.6 Å². The Balaban J connectivity index is 1.43. The molecule has 176 valence electrons. The Labute approximate surface area is 189 Å². The fraction of sp³-hybridized carbons (Fsp3) is 0.522. The van der Waals surface area contributed by atoms with Gasteiger partial charge in [0.2, 0.25) is 0 Å². The highest BCUT2D eigenvalue weighted by atomic mass is 19.4. The first kappa shape index (κ1) is 21.8. The second kappa shape index (κ2) is 8.39. The van der Waals surface area contributed by atoms with E-state index in [-0.39, 0.29) is 31.0 Å². The van der Waals surface area contributed by atoms with Gasteiger partial charge in [-0.2, -0.15) is 13.2 Å². The van der Waals surface area contributed by atoms with Crippen LogP contribution in [0.3, 0.4) is 0 Å². The van der Waals surface area contributed by atoms with Gasteiger partial charge < -0.3 is 15.0 Å². The first-order valence-corrected chi connectivity index (χ1v) is 11.3. The molecule has 3 atom stereocenters. The first-order chi connectivity index (χ1) is 15.8. The Morgan fingerprint density at radius 2 is 2.03 bits per heavy atom. The predicted molar refractivity (Wildman–Crippen MR) is 118 cm³/mol. The number of ether oxygens (including phenoxy) is 1. The highest BCUT2D eigenvalue weighted by Gasteiger charge is 2.46. The largest absolute Gasteiger partial charge is 0.495 e. The van der Waals surface area contributed by atoms with E-state index in [2.05, 4.69) is 10.3 Å². The monoisotopic (exact) mass is 461 g/mol. The lowest BCUT2D eigenvalue weighted by molar-refractivity contribution is -0.176. The Morgan fingerprint density at radius 3 is 2.82 bits per heavy atom. The Morgan fingerprint density at radius 1 is 1.18 bits per heavy atom. The van der Waals surface area contributed by atoms with Crippen LogP contribution in [-0.2, 0) is 0 Å². The molecule has 1 N–H and O–H groups in total. The second-order valence-corrected chi connectivity index (χ2v) is 8.93. The predicted octanol–water partition coefficient (Wildman–Crippen LogP) is 4.95. The molecule has 7 nitrogen and oxygen atoms in total. The van der Waals surface area contributed by atoms with Gasteiger partial charge in [-0.05, 0) is 31.7 Å². The van der Waals surface area contributed by atoms with E-state index in [1.54, 1.807) is 34.3 Å². The van der Waals surface area contributed by atoms with Crippen LogP contribution in [-0.4, -0.2) is 48.4 Å². The number of rotatable bonds is 3. The number of urea groups is 1. The number of hydrogen-bond donors (Lipinski definition) is 1. The van der Waals surface area contributed by atoms with Crippen molar-refractivity contribution in [3.63, 3.8) is 0 Å². The van der Waals surface area contributed by atoms with Crippen LogP contribution in [0, 0.1) is 5.92 Å². The Bertz CT molecular complexity index is 1050. The standard InChI is InChI=1S/C23H26F3N5O2/c1-33-16-10-15(11-27-12-16)28-22(32)31-19-6-2-5-17(19)18-7-8-20(29-21(18)31)30-9-3-4-14(13-30)23(24,25)26/h7-8,10-12,14,17,19H,2-6,9,13H2,1H3,(H,28,32). The van der Waals surface area contributed by atoms with Crippen molar-refractivity contribution in [1.29, 1.82) is 0 Å². The van der Waals surface area contributed by atoms with Crippen molar-refractivity contribution in [1.82, 2.24) is 9.97 Å². The number of nitrogens with one attached hydrogen (secondary N) is 1. The first-order valence-electron chi connectivity index (χ1n) is 11.3. The maximum Gasteiger partial charge on any atom is 0.393 e. The molecule has 10 heteroatoms. The van der Waals surface area contributed by atoms with E-state index >= 15 is 0 Å². The van der Waals surface area contributed by atoms with Crippen LogP contribution in [0.2, 0.25) is 0 Å². The van der Waals surface area contributed by atoms with Crippen LogP contribution in [0.25, 0.3) is 0 Å². The summed E-state index contributed by atoms with van der Waals surface area (Å²) in [5, 5.41) is 2.88. The molecule has 2 aliphatic heterocycles. The molecule has 2 aromatic heterocycles. The molecular formula is C23H26F3N5O2. The number of aromatic nitrogens is 2. The highest BCUT2D eigenvalue weighted by molar-refractivity contribution is 6.03. The minimum absolute atomic E-state index is 0.00871. The van der Waals surface area contributed by atoms with Gasteiger partial charge in [0.15, 0.2) is 0 Å². The average Bonchev–Trinajstić information content (AvgIpc) is 3.39. The molecule has 3 unspecified atom stereocenters. The number of anilines is 3. The zero-order chi connectivity index (χ0) is 23.2. The third-order valence-corrected chi connectivity index (χ3v) is 6.96. The highest BCUT2D eigenvalue weighted by Crippen LogP contribution is 2.49. The topological polar surface area (TPSA) is 70.6 Å². The SMILES string of the molecule is COc1cncc(NC(=O)N2c3nc(N4CCCC(C(F)(F)F)C4)ccc3C3CCCC32)c1. The quantitative estimate of drug-likeness (QED) is 0.700. The van der Waals surface area contributed by atoms with Crippen molar-refractivity contribution in [2.75, 3.05) is 35.3 Å². The zero-order valence-electron chi connectivity index (χ0n) is 18.3. The molecule has 33 heavy (non-hydrogen) atoms. The summed E-state index contributed by atoms with van der Waals surface area (Å²) in [5.41, 5.74) is 1.49. The number of carbonyl (C=O) groups excluding carboxylic acids is 1. The number of carbonyl (C=O) groups is 1. The maximum atomic E-state index is 13.3. The number of methoxy groups -OCH3 is 1. The second-order valence-electron chi connectivity index (χ2n) is 8.93. The molecule has 2 aromatic rings. The van der Waals surface area contributed by atoms with E-state index in [4.69, 9.17) is 9.72 Å². The molecule has 2 amide bonds. The molecule has 3 aliphatic rings. The average molecular weight is 461 g/mol. The molecular weight excluding hydrogens is 435 g/mol. The van der Waals surface area contributed by atoms with Crippen LogP contribution in [0.5, 0.6) is 5.75 Å². The number of piperidine rings is 1. The zero-order valence-corrected chi connectivity index (χ0v) is 18.3. The minimum Gasteiger partial charge on any atom is -0.495 e. The number of halogens is 3. The van der Waals surface area contributed by atoms with Gasteiger partial charge in [0.05, 0.1) is 31.1 Å². The summed E-state index contributed by atoms with van der Waals surface area (Å²) in [6.45, 7) is 0.413. The molecule has 5 rings (SSSR count). The molecule has 0 radical (unpaired) electrons. The Hall–Kier alpha value is -3.04. The van der Waals surface area contributed by atoms with E-state index in [9.17, 15) is 18.0 Å². The summed E-state index contributed by atoms with van der Waals surface area (Å²) < 4.78 is 45.1. The van der Waals surface area contributed by atoms with Crippen molar-refractivity contribution in [2.24, 2.45) is 5.92 Å². The van der Waals surface area contributed by atoms with Crippen LogP contribution < -0.4 is 19.9 Å². The summed E-state index contributed by atoms with van der Waals surface area (Å²) in [6.07, 6.45) is 2.30. The van der Waals surface area contributed by atoms with Gasteiger partial charge in [0, 0.05) is 36.7 Å². The summed E-state index contributed by atoms with van der Waals surface area (Å²) in [4.78, 5) is 25.5. The molecule has 4 heterocycles. The van der Waals surface area contributed by atoms with Crippen molar-refractivity contribution in [3.05, 3.63) is 36.2 Å². The van der Waals surface area contributed by atoms with Crippen LogP contribution >= 0.6 is 0 Å². The molecule has 0 bridgehead atoms. The lowest BCUT2D eigenvalue weighted by Crippen LogP contribution is -2.43. The lowest BCUT2D eigenvalue weighted by Gasteiger charge is -2.35.